The molecular formula is C30H32N4O. The zero-order valence-electron chi connectivity index (χ0n) is 20.9. The lowest BCUT2D eigenvalue weighted by Gasteiger charge is -2.25. The molecule has 0 N–H and O–H groups in total. The number of anilines is 2. The lowest BCUT2D eigenvalue weighted by Crippen LogP contribution is -2.22. The lowest BCUT2D eigenvalue weighted by molar-refractivity contribution is 0.557. The summed E-state index contributed by atoms with van der Waals surface area (Å²) in [6, 6.07) is 23.3. The topological polar surface area (TPSA) is 44.9 Å². The smallest absolute Gasteiger partial charge is 0.150 e. The average Bonchev–Trinajstić information content (AvgIpc) is 3.56. The number of para-hydroxylation sites is 1. The number of nitrogens with zero attached hydrogens (tertiary/aromatic N) is 4. The fraction of sp³-hybridized carbons (Fsp3) is 0.267. The number of fused-ring (bicyclic) bond motifs is 1. The summed E-state index contributed by atoms with van der Waals surface area (Å²) in [5.74, 6) is 1.71. The average molecular weight is 465 g/mol. The van der Waals surface area contributed by atoms with Gasteiger partial charge < -0.3 is 9.32 Å². The molecule has 3 heterocycles. The normalized spacial score (nSPS) is 16.1. The van der Waals surface area contributed by atoms with Gasteiger partial charge in [0.25, 0.3) is 0 Å². The van der Waals surface area contributed by atoms with Crippen molar-refractivity contribution < 1.29 is 4.42 Å². The number of aryl methyl sites for hydroxylation is 1. The van der Waals surface area contributed by atoms with Crippen LogP contribution in [0.1, 0.15) is 50.1 Å². The minimum absolute atomic E-state index is 0.0729. The van der Waals surface area contributed by atoms with E-state index >= 15 is 0 Å². The van der Waals surface area contributed by atoms with Crippen molar-refractivity contribution >= 4 is 34.2 Å². The molecule has 2 aromatic carbocycles. The van der Waals surface area contributed by atoms with Gasteiger partial charge in [0.15, 0.2) is 0 Å². The summed E-state index contributed by atoms with van der Waals surface area (Å²) in [7, 11) is 0. The first-order valence-electron chi connectivity index (χ1n) is 12.4. The van der Waals surface area contributed by atoms with Crippen LogP contribution in [-0.4, -0.2) is 23.8 Å². The zero-order chi connectivity index (χ0) is 24.4. The van der Waals surface area contributed by atoms with Crippen molar-refractivity contribution in [3.8, 4) is 0 Å². The lowest BCUT2D eigenvalue weighted by atomic mass is 9.98. The number of furan rings is 1. The second-order valence-electron chi connectivity index (χ2n) is 9.03. The van der Waals surface area contributed by atoms with Gasteiger partial charge in [-0.15, -0.1) is 0 Å². The van der Waals surface area contributed by atoms with E-state index in [1.807, 2.05) is 18.2 Å². The summed E-state index contributed by atoms with van der Waals surface area (Å²) in [5.41, 5.74) is 6.82. The Hall–Kier alpha value is -3.86. The maximum atomic E-state index is 5.55. The Labute approximate surface area is 207 Å². The van der Waals surface area contributed by atoms with Gasteiger partial charge in [0.05, 0.1) is 23.5 Å². The maximum absolute atomic E-state index is 5.55. The highest BCUT2D eigenvalue weighted by molar-refractivity contribution is 6.05. The van der Waals surface area contributed by atoms with Crippen LogP contribution in [0.3, 0.4) is 0 Å². The molecule has 1 aliphatic heterocycles. The molecule has 178 valence electrons. The van der Waals surface area contributed by atoms with Gasteiger partial charge in [-0.1, -0.05) is 30.3 Å². The first kappa shape index (κ1) is 22.9. The van der Waals surface area contributed by atoms with Crippen molar-refractivity contribution in [1.82, 2.24) is 4.98 Å². The van der Waals surface area contributed by atoms with E-state index in [2.05, 4.69) is 92.2 Å². The quantitative estimate of drug-likeness (QED) is 0.286. The Morgan fingerprint density at radius 2 is 1.83 bits per heavy atom. The molecule has 0 radical (unpaired) electrons. The fourth-order valence-electron chi connectivity index (χ4n) is 4.84. The summed E-state index contributed by atoms with van der Waals surface area (Å²) in [4.78, 5) is 7.37. The van der Waals surface area contributed by atoms with E-state index in [1.165, 1.54) is 22.2 Å². The number of hydrazone groups is 1. The Morgan fingerprint density at radius 3 is 2.54 bits per heavy atom. The molecule has 1 atom stereocenters. The van der Waals surface area contributed by atoms with E-state index in [-0.39, 0.29) is 6.04 Å². The van der Waals surface area contributed by atoms with Crippen molar-refractivity contribution in [1.29, 1.82) is 0 Å². The molecule has 0 aliphatic carbocycles. The number of benzene rings is 2. The van der Waals surface area contributed by atoms with Crippen LogP contribution in [-0.2, 0) is 0 Å². The fourth-order valence-corrected chi connectivity index (χ4v) is 4.84. The van der Waals surface area contributed by atoms with Gasteiger partial charge in [0, 0.05) is 30.6 Å². The molecule has 5 rings (SSSR count). The molecular weight excluding hydrogens is 432 g/mol. The van der Waals surface area contributed by atoms with E-state index < -0.39 is 0 Å². The van der Waals surface area contributed by atoms with Crippen LogP contribution < -0.4 is 9.91 Å². The van der Waals surface area contributed by atoms with Crippen LogP contribution >= 0.6 is 0 Å². The molecule has 0 spiro atoms. The predicted molar refractivity (Wildman–Crippen MR) is 146 cm³/mol. The second-order valence-corrected chi connectivity index (χ2v) is 9.03. The van der Waals surface area contributed by atoms with E-state index in [0.717, 1.165) is 47.9 Å². The van der Waals surface area contributed by atoms with Crippen molar-refractivity contribution in [3.63, 3.8) is 0 Å². The second kappa shape index (κ2) is 9.79. The minimum Gasteiger partial charge on any atom is -0.465 e. The van der Waals surface area contributed by atoms with Gasteiger partial charge in [-0.3, -0.25) is 0 Å². The summed E-state index contributed by atoms with van der Waals surface area (Å²) in [5, 5.41) is 8.37. The zero-order valence-corrected chi connectivity index (χ0v) is 20.9. The highest BCUT2D eigenvalue weighted by Gasteiger charge is 2.31. The molecule has 0 amide bonds. The highest BCUT2D eigenvalue weighted by atomic mass is 16.3. The molecule has 2 aromatic heterocycles. The maximum Gasteiger partial charge on any atom is 0.150 e. The molecule has 0 saturated carbocycles. The number of hydrogen-bond acceptors (Lipinski definition) is 5. The Bertz CT molecular complexity index is 1370. The van der Waals surface area contributed by atoms with Gasteiger partial charge in [0.1, 0.15) is 11.6 Å². The van der Waals surface area contributed by atoms with E-state index in [4.69, 9.17) is 14.5 Å². The molecule has 4 aromatic rings. The van der Waals surface area contributed by atoms with Crippen LogP contribution in [0.15, 0.2) is 88.1 Å². The minimum atomic E-state index is 0.0729. The standard InChI is InChI=1S/C30H32N4O/c1-5-33(6-2)24-15-13-23(14-16-24)29-20-28(22(4)18-25-10-9-17-35-25)32-34(29)30-19-21(3)26-11-7-8-12-27(26)31-30/h7-19,29H,5-6,20H2,1-4H3. The number of rotatable bonds is 7. The van der Waals surface area contributed by atoms with Crippen molar-refractivity contribution in [3.05, 3.63) is 95.5 Å². The van der Waals surface area contributed by atoms with Crippen LogP contribution in [0, 0.1) is 6.92 Å². The third-order valence-electron chi connectivity index (χ3n) is 6.82. The SMILES string of the molecule is CCN(CC)c1ccc(C2CC(C(C)=Cc3ccco3)=NN2c2cc(C)c3ccccc3n2)cc1. The summed E-state index contributed by atoms with van der Waals surface area (Å²) in [6.07, 6.45) is 4.56. The Kier molecular flexibility index (Phi) is 6.41. The predicted octanol–water partition coefficient (Wildman–Crippen LogP) is 7.39. The first-order valence-corrected chi connectivity index (χ1v) is 12.4. The number of hydrogen-bond donors (Lipinski definition) is 0. The molecule has 5 heteroatoms. The van der Waals surface area contributed by atoms with Crippen molar-refractivity contribution in [2.45, 2.75) is 40.2 Å². The Morgan fingerprint density at radius 1 is 1.06 bits per heavy atom. The molecule has 0 bridgehead atoms. The number of allylic oxidation sites excluding steroid dienone is 1. The molecule has 35 heavy (non-hydrogen) atoms. The van der Waals surface area contributed by atoms with E-state index in [1.54, 1.807) is 6.26 Å². The highest BCUT2D eigenvalue weighted by Crippen LogP contribution is 2.38. The van der Waals surface area contributed by atoms with E-state index in [0.29, 0.717) is 0 Å². The summed E-state index contributed by atoms with van der Waals surface area (Å²) < 4.78 is 5.55. The molecule has 1 unspecified atom stereocenters. The molecule has 0 fully saturated rings. The van der Waals surface area contributed by atoms with Crippen LogP contribution in [0.25, 0.3) is 17.0 Å². The van der Waals surface area contributed by atoms with Gasteiger partial charge in [0.2, 0.25) is 0 Å². The van der Waals surface area contributed by atoms with E-state index in [9.17, 15) is 0 Å². The number of pyridine rings is 1. The molecule has 1 aliphatic rings. The molecule has 5 nitrogen and oxygen atoms in total. The monoisotopic (exact) mass is 464 g/mol. The van der Waals surface area contributed by atoms with Gasteiger partial charge in [-0.25, -0.2) is 9.99 Å². The van der Waals surface area contributed by atoms with Crippen LogP contribution in [0.2, 0.25) is 0 Å². The van der Waals surface area contributed by atoms with Gasteiger partial charge >= 0.3 is 0 Å². The van der Waals surface area contributed by atoms with Crippen molar-refractivity contribution in [2.75, 3.05) is 23.0 Å². The number of aromatic nitrogens is 1. The largest absolute Gasteiger partial charge is 0.465 e. The summed E-state index contributed by atoms with van der Waals surface area (Å²) >= 11 is 0. The van der Waals surface area contributed by atoms with Crippen molar-refractivity contribution in [2.24, 2.45) is 5.10 Å². The molecule has 0 saturated heterocycles. The third-order valence-corrected chi connectivity index (χ3v) is 6.82. The van der Waals surface area contributed by atoms with Gasteiger partial charge in [-0.2, -0.15) is 5.10 Å². The van der Waals surface area contributed by atoms with Gasteiger partial charge in [-0.05, 0) is 86.9 Å². The first-order chi connectivity index (χ1) is 17.1. The Balaban J connectivity index is 1.55. The third kappa shape index (κ3) is 4.59. The van der Waals surface area contributed by atoms with Crippen LogP contribution in [0.4, 0.5) is 11.5 Å². The summed E-state index contributed by atoms with van der Waals surface area (Å²) in [6.45, 7) is 10.6. The van der Waals surface area contributed by atoms with Crippen LogP contribution in [0.5, 0.6) is 0 Å².